The van der Waals surface area contributed by atoms with Gasteiger partial charge in [0.25, 0.3) is 0 Å². The van der Waals surface area contributed by atoms with Crippen LogP contribution in [0.2, 0.25) is 0 Å². The van der Waals surface area contributed by atoms with Gasteiger partial charge in [-0.15, -0.1) is 24.0 Å². The number of hydrogen-bond acceptors (Lipinski definition) is 2. The maximum Gasteiger partial charge on any atom is 0.221 e. The highest BCUT2D eigenvalue weighted by Crippen LogP contribution is 2.27. The molecule has 1 rings (SSSR count). The Morgan fingerprint density at radius 2 is 1.88 bits per heavy atom. The minimum atomic E-state index is 0. The van der Waals surface area contributed by atoms with E-state index in [1.54, 1.807) is 7.05 Å². The SMILES string of the molecule is CCCNC(=O)CCNC(=NC)NC(C)CCC1CCCCC1.I. The van der Waals surface area contributed by atoms with Crippen LogP contribution in [0.3, 0.4) is 0 Å². The second kappa shape index (κ2) is 14.8. The predicted octanol–water partition coefficient (Wildman–Crippen LogP) is 3.43. The van der Waals surface area contributed by atoms with E-state index in [9.17, 15) is 4.79 Å². The fourth-order valence-corrected chi connectivity index (χ4v) is 3.11. The molecule has 5 nitrogen and oxygen atoms in total. The van der Waals surface area contributed by atoms with Gasteiger partial charge in [0.1, 0.15) is 0 Å². The molecule has 0 radical (unpaired) electrons. The summed E-state index contributed by atoms with van der Waals surface area (Å²) < 4.78 is 0. The van der Waals surface area contributed by atoms with Crippen LogP contribution in [0.4, 0.5) is 0 Å². The van der Waals surface area contributed by atoms with Crippen molar-refractivity contribution < 1.29 is 4.79 Å². The van der Waals surface area contributed by atoms with Gasteiger partial charge in [0.15, 0.2) is 5.96 Å². The lowest BCUT2D eigenvalue weighted by molar-refractivity contribution is -0.120. The first kappa shape index (κ1) is 23.5. The van der Waals surface area contributed by atoms with Gasteiger partial charge in [-0.3, -0.25) is 9.79 Å². The first-order valence-corrected chi connectivity index (χ1v) is 9.39. The van der Waals surface area contributed by atoms with Crippen LogP contribution in [0, 0.1) is 5.92 Å². The molecule has 6 heteroatoms. The molecule has 1 aliphatic carbocycles. The smallest absolute Gasteiger partial charge is 0.221 e. The van der Waals surface area contributed by atoms with E-state index in [2.05, 4.69) is 34.8 Å². The van der Waals surface area contributed by atoms with Crippen molar-refractivity contribution in [3.63, 3.8) is 0 Å². The summed E-state index contributed by atoms with van der Waals surface area (Å²) in [5.41, 5.74) is 0. The minimum absolute atomic E-state index is 0. The zero-order valence-electron chi connectivity index (χ0n) is 15.7. The molecule has 24 heavy (non-hydrogen) atoms. The molecule has 0 aromatic heterocycles. The van der Waals surface area contributed by atoms with Crippen molar-refractivity contribution in [3.8, 4) is 0 Å². The predicted molar refractivity (Wildman–Crippen MR) is 113 cm³/mol. The average Bonchev–Trinajstić information content (AvgIpc) is 2.58. The number of halogens is 1. The molecule has 1 atom stereocenters. The summed E-state index contributed by atoms with van der Waals surface area (Å²) in [6.07, 6.45) is 11.0. The van der Waals surface area contributed by atoms with Gasteiger partial charge in [0, 0.05) is 32.6 Å². The molecule has 0 heterocycles. The van der Waals surface area contributed by atoms with E-state index in [0.29, 0.717) is 19.0 Å². The Bertz CT molecular complexity index is 357. The molecule has 1 unspecified atom stereocenters. The Morgan fingerprint density at radius 3 is 2.50 bits per heavy atom. The lowest BCUT2D eigenvalue weighted by Crippen LogP contribution is -2.43. The van der Waals surface area contributed by atoms with E-state index < -0.39 is 0 Å². The summed E-state index contributed by atoms with van der Waals surface area (Å²) in [5.74, 6) is 1.81. The van der Waals surface area contributed by atoms with E-state index >= 15 is 0 Å². The van der Waals surface area contributed by atoms with Gasteiger partial charge in [-0.25, -0.2) is 0 Å². The first-order chi connectivity index (χ1) is 11.2. The van der Waals surface area contributed by atoms with E-state index in [1.165, 1.54) is 44.9 Å². The highest BCUT2D eigenvalue weighted by Gasteiger charge is 2.15. The van der Waals surface area contributed by atoms with E-state index in [1.807, 2.05) is 0 Å². The van der Waals surface area contributed by atoms with E-state index in [-0.39, 0.29) is 29.9 Å². The van der Waals surface area contributed by atoms with E-state index in [0.717, 1.165) is 24.8 Å². The number of rotatable bonds is 9. The molecular formula is C18H37IN4O. The molecule has 0 saturated heterocycles. The van der Waals surface area contributed by atoms with Crippen molar-refractivity contribution in [2.45, 2.75) is 77.7 Å². The van der Waals surface area contributed by atoms with Crippen molar-refractivity contribution in [2.75, 3.05) is 20.1 Å². The molecule has 1 amide bonds. The molecule has 142 valence electrons. The second-order valence-corrected chi connectivity index (χ2v) is 6.73. The summed E-state index contributed by atoms with van der Waals surface area (Å²) in [6.45, 7) is 5.64. The molecule has 0 aromatic carbocycles. The number of aliphatic imine (C=N–C) groups is 1. The molecular weight excluding hydrogens is 415 g/mol. The number of carbonyl (C=O) groups excluding carboxylic acids is 1. The topological polar surface area (TPSA) is 65.5 Å². The van der Waals surface area contributed by atoms with E-state index in [4.69, 9.17) is 0 Å². The third-order valence-electron chi connectivity index (χ3n) is 4.56. The number of guanidine groups is 1. The zero-order valence-corrected chi connectivity index (χ0v) is 18.0. The lowest BCUT2D eigenvalue weighted by Gasteiger charge is -2.24. The van der Waals surface area contributed by atoms with Gasteiger partial charge in [-0.05, 0) is 32.1 Å². The number of carbonyl (C=O) groups is 1. The first-order valence-electron chi connectivity index (χ1n) is 9.39. The molecule has 1 saturated carbocycles. The maximum atomic E-state index is 11.6. The van der Waals surface area contributed by atoms with Crippen LogP contribution < -0.4 is 16.0 Å². The fraction of sp³-hybridized carbons (Fsp3) is 0.889. The third kappa shape index (κ3) is 11.1. The summed E-state index contributed by atoms with van der Waals surface area (Å²) in [4.78, 5) is 15.8. The second-order valence-electron chi connectivity index (χ2n) is 6.73. The Labute approximate surface area is 165 Å². The average molecular weight is 452 g/mol. The summed E-state index contributed by atoms with van der Waals surface area (Å²) in [6, 6.07) is 0.414. The highest BCUT2D eigenvalue weighted by atomic mass is 127. The van der Waals surface area contributed by atoms with Crippen LogP contribution in [0.5, 0.6) is 0 Å². The molecule has 0 aliphatic heterocycles. The van der Waals surface area contributed by atoms with Crippen LogP contribution in [-0.2, 0) is 4.79 Å². The molecule has 1 aliphatic rings. The normalized spacial score (nSPS) is 16.9. The Balaban J connectivity index is 0.00000529. The summed E-state index contributed by atoms with van der Waals surface area (Å²) >= 11 is 0. The van der Waals surface area contributed by atoms with Crippen LogP contribution in [-0.4, -0.2) is 38.0 Å². The Morgan fingerprint density at radius 1 is 1.17 bits per heavy atom. The lowest BCUT2D eigenvalue weighted by atomic mass is 9.85. The van der Waals surface area contributed by atoms with Crippen LogP contribution >= 0.6 is 24.0 Å². The fourth-order valence-electron chi connectivity index (χ4n) is 3.11. The van der Waals surface area contributed by atoms with Crippen molar-refractivity contribution in [1.29, 1.82) is 0 Å². The van der Waals surface area contributed by atoms with Crippen molar-refractivity contribution >= 4 is 35.8 Å². The zero-order chi connectivity index (χ0) is 16.9. The monoisotopic (exact) mass is 452 g/mol. The largest absolute Gasteiger partial charge is 0.356 e. The Kier molecular flexibility index (Phi) is 14.5. The van der Waals surface area contributed by atoms with Gasteiger partial charge < -0.3 is 16.0 Å². The van der Waals surface area contributed by atoms with Crippen molar-refractivity contribution in [1.82, 2.24) is 16.0 Å². The molecule has 0 spiro atoms. The minimum Gasteiger partial charge on any atom is -0.356 e. The highest BCUT2D eigenvalue weighted by molar-refractivity contribution is 14.0. The summed E-state index contributed by atoms with van der Waals surface area (Å²) in [7, 11) is 1.78. The van der Waals surface area contributed by atoms with Gasteiger partial charge in [0.2, 0.25) is 5.91 Å². The van der Waals surface area contributed by atoms with Gasteiger partial charge in [-0.1, -0.05) is 39.0 Å². The van der Waals surface area contributed by atoms with Crippen LogP contribution in [0.25, 0.3) is 0 Å². The number of nitrogens with zero attached hydrogens (tertiary/aromatic N) is 1. The Hall–Kier alpha value is -0.530. The number of nitrogens with one attached hydrogen (secondary N) is 3. The molecule has 3 N–H and O–H groups in total. The number of amides is 1. The maximum absolute atomic E-state index is 11.6. The van der Waals surface area contributed by atoms with Crippen LogP contribution in [0.15, 0.2) is 4.99 Å². The van der Waals surface area contributed by atoms with Gasteiger partial charge >= 0.3 is 0 Å². The molecule has 1 fully saturated rings. The van der Waals surface area contributed by atoms with Crippen LogP contribution in [0.1, 0.15) is 71.6 Å². The molecule has 0 aromatic rings. The van der Waals surface area contributed by atoms with Gasteiger partial charge in [0.05, 0.1) is 0 Å². The molecule has 0 bridgehead atoms. The van der Waals surface area contributed by atoms with Crippen molar-refractivity contribution in [3.05, 3.63) is 0 Å². The summed E-state index contributed by atoms with van der Waals surface area (Å²) in [5, 5.41) is 9.54. The third-order valence-corrected chi connectivity index (χ3v) is 4.56. The quantitative estimate of drug-likeness (QED) is 0.285. The van der Waals surface area contributed by atoms with Gasteiger partial charge in [-0.2, -0.15) is 0 Å². The number of hydrogen-bond donors (Lipinski definition) is 3. The van der Waals surface area contributed by atoms with Crippen molar-refractivity contribution in [2.24, 2.45) is 10.9 Å². The standard InChI is InChI=1S/C18H36N4O.HI/c1-4-13-20-17(23)12-14-21-18(19-3)22-15(2)10-11-16-8-6-5-7-9-16;/h15-16H,4-14H2,1-3H3,(H,20,23)(H2,19,21,22);1H.